The number of hydrogen-bond acceptors (Lipinski definition) is 6. The van der Waals surface area contributed by atoms with Crippen molar-refractivity contribution in [2.75, 3.05) is 16.8 Å². The number of anilines is 3. The number of amides is 1. The van der Waals surface area contributed by atoms with Gasteiger partial charge in [-0.2, -0.15) is 0 Å². The summed E-state index contributed by atoms with van der Waals surface area (Å²) < 4.78 is 0. The van der Waals surface area contributed by atoms with Crippen LogP contribution in [0.25, 0.3) is 10.4 Å². The van der Waals surface area contributed by atoms with Crippen molar-refractivity contribution >= 4 is 33.9 Å². The van der Waals surface area contributed by atoms with Crippen molar-refractivity contribution in [2.45, 2.75) is 6.92 Å². The van der Waals surface area contributed by atoms with Gasteiger partial charge in [-0.05, 0) is 42.8 Å². The minimum atomic E-state index is -0.262. The molecule has 1 aromatic carbocycles. The van der Waals surface area contributed by atoms with E-state index in [-0.39, 0.29) is 5.91 Å². The zero-order valence-corrected chi connectivity index (χ0v) is 13.2. The Morgan fingerprint density at radius 3 is 2.74 bits per heavy atom. The second kappa shape index (κ2) is 6.05. The molecule has 0 fully saturated rings. The smallest absolute Gasteiger partial charge is 0.256 e. The third kappa shape index (κ3) is 3.29. The van der Waals surface area contributed by atoms with Gasteiger partial charge in [0.05, 0.1) is 10.6 Å². The van der Waals surface area contributed by atoms with Gasteiger partial charge in [0.1, 0.15) is 5.82 Å². The lowest BCUT2D eigenvalue weighted by atomic mass is 10.2. The Hall–Kier alpha value is -2.93. The third-order valence-electron chi connectivity index (χ3n) is 3.23. The molecule has 0 atom stereocenters. The maximum absolute atomic E-state index is 12.2. The highest BCUT2D eigenvalue weighted by Gasteiger charge is 2.11. The van der Waals surface area contributed by atoms with E-state index >= 15 is 0 Å². The van der Waals surface area contributed by atoms with E-state index in [2.05, 4.69) is 15.3 Å². The SMILES string of the molecule is Cc1nc(N)sc1-c1ccnc(NC(=O)c2cccc(N)c2)c1. The van der Waals surface area contributed by atoms with Crippen molar-refractivity contribution in [1.82, 2.24) is 9.97 Å². The van der Waals surface area contributed by atoms with Crippen LogP contribution in [-0.4, -0.2) is 15.9 Å². The van der Waals surface area contributed by atoms with Crippen LogP contribution in [0.2, 0.25) is 0 Å². The molecule has 6 nitrogen and oxygen atoms in total. The van der Waals surface area contributed by atoms with Crippen LogP contribution in [0, 0.1) is 6.92 Å². The summed E-state index contributed by atoms with van der Waals surface area (Å²) in [7, 11) is 0. The number of nitrogen functional groups attached to an aromatic ring is 2. The van der Waals surface area contributed by atoms with Gasteiger partial charge in [0.2, 0.25) is 0 Å². The Kier molecular flexibility index (Phi) is 3.94. The van der Waals surface area contributed by atoms with Gasteiger partial charge in [0, 0.05) is 17.4 Å². The number of rotatable bonds is 3. The summed E-state index contributed by atoms with van der Waals surface area (Å²) in [4.78, 5) is 21.6. The molecule has 3 rings (SSSR count). The highest BCUT2D eigenvalue weighted by molar-refractivity contribution is 7.18. The number of carbonyl (C=O) groups excluding carboxylic acids is 1. The first kappa shape index (κ1) is 15.0. The average Bonchev–Trinajstić information content (AvgIpc) is 2.86. The number of nitrogens with one attached hydrogen (secondary N) is 1. The first-order valence-corrected chi connectivity index (χ1v) is 7.71. The summed E-state index contributed by atoms with van der Waals surface area (Å²) in [6, 6.07) is 10.4. The number of nitrogens with two attached hydrogens (primary N) is 2. The van der Waals surface area contributed by atoms with E-state index < -0.39 is 0 Å². The molecule has 7 heteroatoms. The highest BCUT2D eigenvalue weighted by atomic mass is 32.1. The number of carbonyl (C=O) groups is 1. The van der Waals surface area contributed by atoms with Crippen molar-refractivity contribution in [3.8, 4) is 10.4 Å². The molecule has 0 aliphatic carbocycles. The summed E-state index contributed by atoms with van der Waals surface area (Å²) in [5, 5.41) is 3.28. The second-order valence-corrected chi connectivity index (χ2v) is 6.01. The summed E-state index contributed by atoms with van der Waals surface area (Å²) in [6.45, 7) is 1.90. The van der Waals surface area contributed by atoms with Crippen LogP contribution in [0.5, 0.6) is 0 Å². The molecule has 3 aromatic rings. The van der Waals surface area contributed by atoms with E-state index in [1.807, 2.05) is 13.0 Å². The summed E-state index contributed by atoms with van der Waals surface area (Å²) >= 11 is 1.40. The van der Waals surface area contributed by atoms with E-state index in [0.717, 1.165) is 16.1 Å². The topological polar surface area (TPSA) is 107 Å². The molecule has 23 heavy (non-hydrogen) atoms. The Balaban J connectivity index is 1.86. The number of aryl methyl sites for hydroxylation is 1. The first-order chi connectivity index (χ1) is 11.0. The van der Waals surface area contributed by atoms with E-state index in [9.17, 15) is 4.79 Å². The highest BCUT2D eigenvalue weighted by Crippen LogP contribution is 2.31. The number of aromatic nitrogens is 2. The van der Waals surface area contributed by atoms with Crippen LogP contribution in [0.3, 0.4) is 0 Å². The van der Waals surface area contributed by atoms with Gasteiger partial charge in [-0.1, -0.05) is 17.4 Å². The zero-order chi connectivity index (χ0) is 16.4. The third-order valence-corrected chi connectivity index (χ3v) is 4.26. The van der Waals surface area contributed by atoms with Gasteiger partial charge >= 0.3 is 0 Å². The molecule has 0 saturated heterocycles. The minimum absolute atomic E-state index is 0.262. The molecule has 5 N–H and O–H groups in total. The molecule has 0 radical (unpaired) electrons. The molecule has 0 aliphatic heterocycles. The van der Waals surface area contributed by atoms with Crippen molar-refractivity contribution < 1.29 is 4.79 Å². The summed E-state index contributed by atoms with van der Waals surface area (Å²) in [6.07, 6.45) is 1.64. The van der Waals surface area contributed by atoms with Crippen molar-refractivity contribution in [1.29, 1.82) is 0 Å². The zero-order valence-electron chi connectivity index (χ0n) is 12.4. The lowest BCUT2D eigenvalue weighted by molar-refractivity contribution is 0.102. The molecule has 1 amide bonds. The summed E-state index contributed by atoms with van der Waals surface area (Å²) in [5.74, 6) is 0.198. The van der Waals surface area contributed by atoms with Crippen LogP contribution in [0.4, 0.5) is 16.6 Å². The normalized spacial score (nSPS) is 10.5. The number of pyridine rings is 1. The largest absolute Gasteiger partial charge is 0.399 e. The lowest BCUT2D eigenvalue weighted by Crippen LogP contribution is -2.13. The maximum Gasteiger partial charge on any atom is 0.256 e. The standard InChI is InChI=1S/C16H15N5OS/c1-9-14(23-16(18)20-9)10-5-6-19-13(8-10)21-15(22)11-3-2-4-12(17)7-11/h2-8H,17H2,1H3,(H2,18,20)(H,19,21,22). The molecule has 0 unspecified atom stereocenters. The van der Waals surface area contributed by atoms with Gasteiger partial charge in [-0.3, -0.25) is 4.79 Å². The molecular formula is C16H15N5OS. The van der Waals surface area contributed by atoms with Crippen molar-refractivity contribution in [2.24, 2.45) is 0 Å². The Bertz CT molecular complexity index is 874. The van der Waals surface area contributed by atoms with Gasteiger partial charge in [0.25, 0.3) is 5.91 Å². The monoisotopic (exact) mass is 325 g/mol. The number of thiazole rings is 1. The molecule has 0 bridgehead atoms. The number of nitrogens with zero attached hydrogens (tertiary/aromatic N) is 2. The average molecular weight is 325 g/mol. The second-order valence-electron chi connectivity index (χ2n) is 4.98. The van der Waals surface area contributed by atoms with Gasteiger partial charge in [-0.25, -0.2) is 9.97 Å². The molecule has 0 spiro atoms. The van der Waals surface area contributed by atoms with Crippen LogP contribution in [0.1, 0.15) is 16.1 Å². The van der Waals surface area contributed by atoms with Crippen molar-refractivity contribution in [3.05, 3.63) is 53.9 Å². The van der Waals surface area contributed by atoms with Gasteiger partial charge in [0.15, 0.2) is 5.13 Å². The van der Waals surface area contributed by atoms with Crippen molar-refractivity contribution in [3.63, 3.8) is 0 Å². The van der Waals surface area contributed by atoms with E-state index in [1.165, 1.54) is 11.3 Å². The molecule has 2 heterocycles. The number of benzene rings is 1. The Labute approximate surface area is 137 Å². The van der Waals surface area contributed by atoms with Gasteiger partial charge in [-0.15, -0.1) is 0 Å². The van der Waals surface area contributed by atoms with Crippen LogP contribution >= 0.6 is 11.3 Å². The Morgan fingerprint density at radius 2 is 2.04 bits per heavy atom. The van der Waals surface area contributed by atoms with Crippen LogP contribution in [-0.2, 0) is 0 Å². The first-order valence-electron chi connectivity index (χ1n) is 6.89. The predicted molar refractivity (Wildman–Crippen MR) is 93.3 cm³/mol. The minimum Gasteiger partial charge on any atom is -0.399 e. The number of hydrogen-bond donors (Lipinski definition) is 3. The fourth-order valence-electron chi connectivity index (χ4n) is 2.19. The van der Waals surface area contributed by atoms with E-state index in [4.69, 9.17) is 11.5 Å². The molecular weight excluding hydrogens is 310 g/mol. The summed E-state index contributed by atoms with van der Waals surface area (Å²) in [5.41, 5.74) is 14.2. The maximum atomic E-state index is 12.2. The van der Waals surface area contributed by atoms with Gasteiger partial charge < -0.3 is 16.8 Å². The lowest BCUT2D eigenvalue weighted by Gasteiger charge is -2.06. The molecule has 2 aromatic heterocycles. The molecule has 0 saturated carbocycles. The molecule has 116 valence electrons. The molecule has 0 aliphatic rings. The fraction of sp³-hybridized carbons (Fsp3) is 0.0625. The van der Waals surface area contributed by atoms with E-state index in [1.54, 1.807) is 36.5 Å². The van der Waals surface area contributed by atoms with Crippen LogP contribution in [0.15, 0.2) is 42.6 Å². The quantitative estimate of drug-likeness (QED) is 0.642. The van der Waals surface area contributed by atoms with Crippen LogP contribution < -0.4 is 16.8 Å². The fourth-order valence-corrected chi connectivity index (χ4v) is 3.02. The predicted octanol–water partition coefficient (Wildman–Crippen LogP) is 2.93. The van der Waals surface area contributed by atoms with E-state index in [0.29, 0.717) is 22.2 Å². The Morgan fingerprint density at radius 1 is 1.22 bits per heavy atom.